The van der Waals surface area contributed by atoms with Crippen molar-refractivity contribution in [3.05, 3.63) is 28.8 Å². The van der Waals surface area contributed by atoms with E-state index in [0.29, 0.717) is 16.1 Å². The van der Waals surface area contributed by atoms with Crippen LogP contribution >= 0.6 is 46.7 Å². The Morgan fingerprint density at radius 3 is 2.70 bits per heavy atom. The van der Waals surface area contributed by atoms with E-state index in [4.69, 9.17) is 23.2 Å². The van der Waals surface area contributed by atoms with Crippen LogP contribution < -0.4 is 4.90 Å². The Balaban J connectivity index is 2.20. The van der Waals surface area contributed by atoms with E-state index in [2.05, 4.69) is 0 Å². The van der Waals surface area contributed by atoms with Crippen molar-refractivity contribution in [2.75, 3.05) is 28.8 Å². The van der Waals surface area contributed by atoms with Crippen LogP contribution in [0.4, 0.5) is 5.69 Å². The van der Waals surface area contributed by atoms with Crippen molar-refractivity contribution in [3.63, 3.8) is 0 Å². The molecule has 1 amide bonds. The molecule has 1 aromatic carbocycles. The van der Waals surface area contributed by atoms with Crippen LogP contribution in [-0.4, -0.2) is 34.4 Å². The number of hydrogen-bond donors (Lipinski definition) is 0. The maximum atomic E-state index is 12.2. The second-order valence-corrected chi connectivity index (χ2v) is 8.22. The first-order chi connectivity index (χ1) is 9.61. The summed E-state index contributed by atoms with van der Waals surface area (Å²) in [7, 11) is 0. The first-order valence-electron chi connectivity index (χ1n) is 6.47. The Hall–Kier alpha value is -0.0300. The van der Waals surface area contributed by atoms with Gasteiger partial charge in [0.15, 0.2) is 0 Å². The number of nitrogens with zero attached hydrogens (tertiary/aromatic N) is 1. The number of carbonyl (C=O) groups is 1. The van der Waals surface area contributed by atoms with Gasteiger partial charge in [-0.05, 0) is 48.6 Å². The van der Waals surface area contributed by atoms with Crippen molar-refractivity contribution in [2.45, 2.75) is 17.9 Å². The maximum Gasteiger partial charge on any atom is 0.241 e. The Morgan fingerprint density at radius 1 is 1.40 bits per heavy atom. The summed E-state index contributed by atoms with van der Waals surface area (Å²) in [5.74, 6) is 2.29. The molecule has 0 N–H and O–H groups in total. The number of aryl methyl sites for hydroxylation is 1. The zero-order valence-corrected chi connectivity index (χ0v) is 14.4. The summed E-state index contributed by atoms with van der Waals surface area (Å²) in [6.07, 6.45) is 1.25. The SMILES string of the molecule is Cc1cc(Cl)ccc1N(CC1SCCCS1)C(=O)CCl. The summed E-state index contributed by atoms with van der Waals surface area (Å²) in [5, 5.41) is 0.686. The van der Waals surface area contributed by atoms with Crippen LogP contribution in [0.3, 0.4) is 0 Å². The number of benzene rings is 1. The van der Waals surface area contributed by atoms with Gasteiger partial charge in [-0.15, -0.1) is 35.1 Å². The van der Waals surface area contributed by atoms with Crippen molar-refractivity contribution in [3.8, 4) is 0 Å². The largest absolute Gasteiger partial charge is 0.309 e. The summed E-state index contributed by atoms with van der Waals surface area (Å²) >= 11 is 15.6. The van der Waals surface area contributed by atoms with E-state index in [1.54, 1.807) is 4.90 Å². The normalized spacial score (nSPS) is 16.1. The van der Waals surface area contributed by atoms with Gasteiger partial charge in [0.25, 0.3) is 0 Å². The lowest BCUT2D eigenvalue weighted by molar-refractivity contribution is -0.116. The van der Waals surface area contributed by atoms with Crippen molar-refractivity contribution in [1.82, 2.24) is 0 Å². The average molecular weight is 350 g/mol. The molecular weight excluding hydrogens is 333 g/mol. The third-order valence-corrected chi connectivity index (χ3v) is 6.46. The highest BCUT2D eigenvalue weighted by atomic mass is 35.5. The Morgan fingerprint density at radius 2 is 2.10 bits per heavy atom. The highest BCUT2D eigenvalue weighted by Crippen LogP contribution is 2.33. The second kappa shape index (κ2) is 7.83. The van der Waals surface area contributed by atoms with Crippen molar-refractivity contribution in [1.29, 1.82) is 0 Å². The number of hydrogen-bond acceptors (Lipinski definition) is 3. The summed E-state index contributed by atoms with van der Waals surface area (Å²) in [6.45, 7) is 2.67. The van der Waals surface area contributed by atoms with E-state index in [1.165, 1.54) is 17.9 Å². The lowest BCUT2D eigenvalue weighted by atomic mass is 10.2. The fraction of sp³-hybridized carbons (Fsp3) is 0.500. The summed E-state index contributed by atoms with van der Waals surface area (Å²) < 4.78 is 0.422. The van der Waals surface area contributed by atoms with Crippen LogP contribution in [0.1, 0.15) is 12.0 Å². The Labute approximate surface area is 138 Å². The molecule has 20 heavy (non-hydrogen) atoms. The second-order valence-electron chi connectivity index (χ2n) is 4.59. The van der Waals surface area contributed by atoms with E-state index in [1.807, 2.05) is 48.6 Å². The van der Waals surface area contributed by atoms with E-state index in [-0.39, 0.29) is 11.8 Å². The molecule has 0 bridgehead atoms. The van der Waals surface area contributed by atoms with Gasteiger partial charge in [-0.1, -0.05) is 11.6 Å². The van der Waals surface area contributed by atoms with Gasteiger partial charge in [0.05, 0.1) is 4.58 Å². The molecule has 6 heteroatoms. The topological polar surface area (TPSA) is 20.3 Å². The number of amides is 1. The van der Waals surface area contributed by atoms with Crippen LogP contribution in [0, 0.1) is 6.92 Å². The summed E-state index contributed by atoms with van der Waals surface area (Å²) in [6, 6.07) is 5.60. The fourth-order valence-corrected chi connectivity index (χ4v) is 5.29. The first-order valence-corrected chi connectivity index (χ1v) is 9.48. The molecule has 2 nitrogen and oxygen atoms in total. The molecule has 0 saturated carbocycles. The lowest BCUT2D eigenvalue weighted by Crippen LogP contribution is -2.37. The zero-order chi connectivity index (χ0) is 14.5. The van der Waals surface area contributed by atoms with Crippen molar-refractivity contribution < 1.29 is 4.79 Å². The Kier molecular flexibility index (Phi) is 6.40. The van der Waals surface area contributed by atoms with Gasteiger partial charge >= 0.3 is 0 Å². The third kappa shape index (κ3) is 4.23. The molecule has 0 aromatic heterocycles. The molecule has 2 rings (SSSR count). The number of alkyl halides is 1. The quantitative estimate of drug-likeness (QED) is 0.750. The van der Waals surface area contributed by atoms with Crippen LogP contribution in [0.15, 0.2) is 18.2 Å². The molecule has 1 aliphatic rings. The van der Waals surface area contributed by atoms with Crippen LogP contribution in [0.25, 0.3) is 0 Å². The summed E-state index contributed by atoms with van der Waals surface area (Å²) in [4.78, 5) is 14.0. The summed E-state index contributed by atoms with van der Waals surface area (Å²) in [5.41, 5.74) is 1.91. The van der Waals surface area contributed by atoms with Gasteiger partial charge in [-0.2, -0.15) is 0 Å². The molecule has 0 unspecified atom stereocenters. The maximum absolute atomic E-state index is 12.2. The minimum absolute atomic E-state index is 0.00409. The van der Waals surface area contributed by atoms with Gasteiger partial charge in [-0.3, -0.25) is 4.79 Å². The van der Waals surface area contributed by atoms with Crippen LogP contribution in [0.2, 0.25) is 5.02 Å². The van der Waals surface area contributed by atoms with E-state index in [9.17, 15) is 4.79 Å². The molecule has 0 radical (unpaired) electrons. The highest BCUT2D eigenvalue weighted by Gasteiger charge is 2.23. The molecule has 0 atom stereocenters. The molecule has 1 aromatic rings. The van der Waals surface area contributed by atoms with E-state index >= 15 is 0 Å². The standard InChI is InChI=1S/C14H17Cl2NOS2/c1-10-7-11(16)3-4-12(10)17(13(18)8-15)9-14-19-5-2-6-20-14/h3-4,7,14H,2,5-6,8-9H2,1H3. The molecule has 0 spiro atoms. The molecule has 0 aliphatic carbocycles. The van der Waals surface area contributed by atoms with Gasteiger partial charge in [0.1, 0.15) is 5.88 Å². The molecule has 1 saturated heterocycles. The molecule has 110 valence electrons. The van der Waals surface area contributed by atoms with Gasteiger partial charge < -0.3 is 4.90 Å². The van der Waals surface area contributed by atoms with E-state index in [0.717, 1.165) is 11.3 Å². The first kappa shape index (κ1) is 16.3. The van der Waals surface area contributed by atoms with Crippen molar-refractivity contribution >= 4 is 58.3 Å². The predicted octanol–water partition coefficient (Wildman–Crippen LogP) is 4.42. The molecule has 1 heterocycles. The molecular formula is C14H17Cl2NOS2. The number of halogens is 2. The minimum atomic E-state index is -0.0520. The average Bonchev–Trinajstić information content (AvgIpc) is 2.46. The minimum Gasteiger partial charge on any atom is -0.309 e. The van der Waals surface area contributed by atoms with Gasteiger partial charge in [0, 0.05) is 17.3 Å². The smallest absolute Gasteiger partial charge is 0.241 e. The van der Waals surface area contributed by atoms with Gasteiger partial charge in [0.2, 0.25) is 5.91 Å². The monoisotopic (exact) mass is 349 g/mol. The number of carbonyl (C=O) groups excluding carboxylic acids is 1. The Bertz CT molecular complexity index is 478. The zero-order valence-electron chi connectivity index (χ0n) is 11.3. The van der Waals surface area contributed by atoms with Crippen LogP contribution in [0.5, 0.6) is 0 Å². The number of thioether (sulfide) groups is 2. The molecule has 1 fully saturated rings. The predicted molar refractivity (Wildman–Crippen MR) is 92.6 cm³/mol. The molecule has 1 aliphatic heterocycles. The number of anilines is 1. The number of rotatable bonds is 4. The van der Waals surface area contributed by atoms with E-state index < -0.39 is 0 Å². The fourth-order valence-electron chi connectivity index (χ4n) is 2.12. The van der Waals surface area contributed by atoms with Crippen molar-refractivity contribution in [2.24, 2.45) is 0 Å². The third-order valence-electron chi connectivity index (χ3n) is 3.09. The van der Waals surface area contributed by atoms with Gasteiger partial charge in [-0.25, -0.2) is 0 Å². The van der Waals surface area contributed by atoms with Crippen LogP contribution in [-0.2, 0) is 4.79 Å². The lowest BCUT2D eigenvalue weighted by Gasteiger charge is -2.30. The highest BCUT2D eigenvalue weighted by molar-refractivity contribution is 8.17.